The van der Waals surface area contributed by atoms with Crippen molar-refractivity contribution in [2.75, 3.05) is 19.7 Å². The maximum atomic E-state index is 6.01. The van der Waals surface area contributed by atoms with E-state index in [1.165, 1.54) is 11.1 Å². The number of ether oxygens (including phenoxy) is 1. The molecule has 1 aromatic carbocycles. The quantitative estimate of drug-likeness (QED) is 0.773. The van der Waals surface area contributed by atoms with E-state index in [0.29, 0.717) is 24.9 Å². The van der Waals surface area contributed by atoms with Gasteiger partial charge >= 0.3 is 0 Å². The predicted octanol–water partition coefficient (Wildman–Crippen LogP) is 3.49. The van der Waals surface area contributed by atoms with Crippen LogP contribution >= 0.6 is 0 Å². The van der Waals surface area contributed by atoms with Crippen LogP contribution in [0.5, 0.6) is 5.75 Å². The van der Waals surface area contributed by atoms with Gasteiger partial charge in [0.25, 0.3) is 0 Å². The van der Waals surface area contributed by atoms with E-state index in [4.69, 9.17) is 16.2 Å². The first-order chi connectivity index (χ1) is 10.3. The van der Waals surface area contributed by atoms with Crippen LogP contribution in [0, 0.1) is 11.8 Å². The minimum atomic E-state index is 0.0729. The lowest BCUT2D eigenvalue weighted by atomic mass is 9.84. The van der Waals surface area contributed by atoms with Crippen molar-refractivity contribution in [1.82, 2.24) is 0 Å². The smallest absolute Gasteiger partial charge is 0.123 e. The van der Waals surface area contributed by atoms with E-state index in [2.05, 4.69) is 52.8 Å². The molecule has 3 nitrogen and oxygen atoms in total. The van der Waals surface area contributed by atoms with Gasteiger partial charge in [0.1, 0.15) is 5.75 Å². The highest BCUT2D eigenvalue weighted by molar-refractivity contribution is 5.41. The summed E-state index contributed by atoms with van der Waals surface area (Å²) in [6, 6.07) is 6.59. The fourth-order valence-corrected chi connectivity index (χ4v) is 2.40. The van der Waals surface area contributed by atoms with Gasteiger partial charge < -0.3 is 16.2 Å². The molecule has 0 aliphatic heterocycles. The van der Waals surface area contributed by atoms with Crippen LogP contribution in [0.25, 0.3) is 0 Å². The van der Waals surface area contributed by atoms with E-state index in [9.17, 15) is 0 Å². The van der Waals surface area contributed by atoms with Crippen molar-refractivity contribution in [3.05, 3.63) is 29.3 Å². The Morgan fingerprint density at radius 1 is 1.09 bits per heavy atom. The topological polar surface area (TPSA) is 61.3 Å². The lowest BCUT2D eigenvalue weighted by molar-refractivity contribution is 0.265. The highest BCUT2D eigenvalue weighted by Crippen LogP contribution is 2.33. The van der Waals surface area contributed by atoms with Gasteiger partial charge in [-0.1, -0.05) is 46.8 Å². The van der Waals surface area contributed by atoms with Crippen LogP contribution in [0.3, 0.4) is 0 Å². The van der Waals surface area contributed by atoms with Crippen LogP contribution < -0.4 is 16.2 Å². The fourth-order valence-electron chi connectivity index (χ4n) is 2.40. The van der Waals surface area contributed by atoms with E-state index < -0.39 is 0 Å². The fraction of sp³-hybridized carbons (Fsp3) is 0.684. The monoisotopic (exact) mass is 306 g/mol. The van der Waals surface area contributed by atoms with Gasteiger partial charge in [-0.25, -0.2) is 0 Å². The highest BCUT2D eigenvalue weighted by Gasteiger charge is 2.20. The molecule has 0 atom stereocenters. The van der Waals surface area contributed by atoms with Gasteiger partial charge in [0.05, 0.1) is 6.61 Å². The summed E-state index contributed by atoms with van der Waals surface area (Å²) in [5, 5.41) is 0. The molecule has 3 heteroatoms. The number of hydrogen-bond donors (Lipinski definition) is 2. The zero-order valence-electron chi connectivity index (χ0n) is 15.0. The minimum absolute atomic E-state index is 0.0729. The van der Waals surface area contributed by atoms with Crippen LogP contribution in [0.4, 0.5) is 0 Å². The highest BCUT2D eigenvalue weighted by atomic mass is 16.5. The maximum Gasteiger partial charge on any atom is 0.123 e. The standard InChI is InChI=1S/C19H34N2O/c1-14(2)13-22-18-9-8-15(6-7-16(11-20)12-21)10-17(18)19(3,4)5/h8-10,14,16H,6-7,11-13,20-21H2,1-5H3. The van der Waals surface area contributed by atoms with Gasteiger partial charge in [-0.05, 0) is 60.4 Å². The number of hydrogen-bond acceptors (Lipinski definition) is 3. The molecule has 0 bridgehead atoms. The first kappa shape index (κ1) is 19.0. The molecule has 1 rings (SSSR count). The molecule has 1 aromatic rings. The SMILES string of the molecule is CC(C)COc1ccc(CCC(CN)CN)cc1C(C)(C)C. The normalized spacial score (nSPS) is 12.2. The summed E-state index contributed by atoms with van der Waals surface area (Å²) in [4.78, 5) is 0. The number of aryl methyl sites for hydroxylation is 1. The molecule has 0 aliphatic carbocycles. The molecule has 0 aromatic heterocycles. The van der Waals surface area contributed by atoms with Gasteiger partial charge in [0.15, 0.2) is 0 Å². The average Bonchev–Trinajstić information content (AvgIpc) is 2.45. The van der Waals surface area contributed by atoms with Crippen LogP contribution in [-0.2, 0) is 11.8 Å². The van der Waals surface area contributed by atoms with E-state index in [-0.39, 0.29) is 5.41 Å². The van der Waals surface area contributed by atoms with Gasteiger partial charge in [0.2, 0.25) is 0 Å². The van der Waals surface area contributed by atoms with Crippen molar-refractivity contribution >= 4 is 0 Å². The van der Waals surface area contributed by atoms with Gasteiger partial charge in [-0.2, -0.15) is 0 Å². The third-order valence-corrected chi connectivity index (χ3v) is 3.93. The molecule has 0 fully saturated rings. The molecule has 0 amide bonds. The van der Waals surface area contributed by atoms with Crippen LogP contribution in [0.2, 0.25) is 0 Å². The number of rotatable bonds is 8. The molecule has 4 N–H and O–H groups in total. The van der Waals surface area contributed by atoms with Crippen molar-refractivity contribution in [3.8, 4) is 5.75 Å². The summed E-state index contributed by atoms with van der Waals surface area (Å²) in [5.41, 5.74) is 14.2. The second-order valence-corrected chi connectivity index (χ2v) is 7.66. The van der Waals surface area contributed by atoms with Crippen molar-refractivity contribution in [1.29, 1.82) is 0 Å². The maximum absolute atomic E-state index is 6.01. The molecule has 0 aliphatic rings. The molecule has 126 valence electrons. The summed E-state index contributed by atoms with van der Waals surface area (Å²) >= 11 is 0. The first-order valence-corrected chi connectivity index (χ1v) is 8.44. The largest absolute Gasteiger partial charge is 0.493 e. The average molecular weight is 306 g/mol. The van der Waals surface area contributed by atoms with Gasteiger partial charge in [0, 0.05) is 0 Å². The Morgan fingerprint density at radius 3 is 2.23 bits per heavy atom. The Hall–Kier alpha value is -1.06. The Morgan fingerprint density at radius 2 is 1.73 bits per heavy atom. The second kappa shape index (κ2) is 8.54. The van der Waals surface area contributed by atoms with E-state index in [1.54, 1.807) is 0 Å². The van der Waals surface area contributed by atoms with Crippen molar-refractivity contribution in [2.24, 2.45) is 23.3 Å². The van der Waals surface area contributed by atoms with Crippen LogP contribution in [0.1, 0.15) is 52.2 Å². The van der Waals surface area contributed by atoms with Crippen molar-refractivity contribution < 1.29 is 4.74 Å². The number of benzene rings is 1. The molecule has 0 heterocycles. The molecular formula is C19H34N2O. The summed E-state index contributed by atoms with van der Waals surface area (Å²) in [6.07, 6.45) is 2.06. The lowest BCUT2D eigenvalue weighted by Crippen LogP contribution is -2.23. The Kier molecular flexibility index (Phi) is 7.37. The molecular weight excluding hydrogens is 272 g/mol. The second-order valence-electron chi connectivity index (χ2n) is 7.66. The third kappa shape index (κ3) is 5.98. The van der Waals surface area contributed by atoms with Crippen molar-refractivity contribution in [3.63, 3.8) is 0 Å². The summed E-state index contributed by atoms with van der Waals surface area (Å²) in [5.74, 6) is 1.96. The summed E-state index contributed by atoms with van der Waals surface area (Å²) < 4.78 is 6.01. The molecule has 0 saturated heterocycles. The third-order valence-electron chi connectivity index (χ3n) is 3.93. The zero-order valence-corrected chi connectivity index (χ0v) is 15.0. The molecule has 0 saturated carbocycles. The molecule has 0 radical (unpaired) electrons. The van der Waals surface area contributed by atoms with Crippen LogP contribution in [0.15, 0.2) is 18.2 Å². The molecule has 0 unspecified atom stereocenters. The van der Waals surface area contributed by atoms with Crippen LogP contribution in [-0.4, -0.2) is 19.7 Å². The molecule has 22 heavy (non-hydrogen) atoms. The summed E-state index contributed by atoms with van der Waals surface area (Å²) in [6.45, 7) is 13.1. The Balaban J connectivity index is 2.90. The Labute approximate surface area is 136 Å². The minimum Gasteiger partial charge on any atom is -0.493 e. The number of nitrogens with two attached hydrogens (primary N) is 2. The Bertz CT molecular complexity index is 445. The lowest BCUT2D eigenvalue weighted by Gasteiger charge is -2.24. The summed E-state index contributed by atoms with van der Waals surface area (Å²) in [7, 11) is 0. The van der Waals surface area contributed by atoms with E-state index >= 15 is 0 Å². The van der Waals surface area contributed by atoms with E-state index in [1.807, 2.05) is 0 Å². The van der Waals surface area contributed by atoms with Gasteiger partial charge in [-0.15, -0.1) is 0 Å². The zero-order chi connectivity index (χ0) is 16.8. The first-order valence-electron chi connectivity index (χ1n) is 8.44. The predicted molar refractivity (Wildman–Crippen MR) is 95.4 cm³/mol. The molecule has 0 spiro atoms. The van der Waals surface area contributed by atoms with E-state index in [0.717, 1.165) is 25.2 Å². The van der Waals surface area contributed by atoms with Gasteiger partial charge in [-0.3, -0.25) is 0 Å². The van der Waals surface area contributed by atoms with Crippen molar-refractivity contribution in [2.45, 2.75) is 52.9 Å².